The topological polar surface area (TPSA) is 79.0 Å². The van der Waals surface area contributed by atoms with Gasteiger partial charge in [0, 0.05) is 32.7 Å². The minimum atomic E-state index is -3.62. The number of likely N-dealkylation sites (N-methyl/N-ethyl adjacent to an activating group) is 1. The Bertz CT molecular complexity index is 767. The van der Waals surface area contributed by atoms with Crippen LogP contribution in [0.5, 0.6) is 5.75 Å². The lowest BCUT2D eigenvalue weighted by Crippen LogP contribution is -2.38. The highest BCUT2D eigenvalue weighted by molar-refractivity contribution is 7.89. The maximum atomic E-state index is 13.1. The van der Waals surface area contributed by atoms with Gasteiger partial charge >= 0.3 is 0 Å². The summed E-state index contributed by atoms with van der Waals surface area (Å²) in [4.78, 5) is 14.9. The number of hydrogen-bond acceptors (Lipinski definition) is 5. The molecule has 1 aromatic rings. The van der Waals surface area contributed by atoms with Crippen LogP contribution in [0.2, 0.25) is 0 Å². The van der Waals surface area contributed by atoms with E-state index in [0.717, 1.165) is 45.2 Å². The third-order valence-electron chi connectivity index (χ3n) is 5.51. The average Bonchev–Trinajstić information content (AvgIpc) is 3.07. The molecule has 2 saturated heterocycles. The van der Waals surface area contributed by atoms with Crippen LogP contribution in [0.3, 0.4) is 0 Å². The van der Waals surface area contributed by atoms with Crippen LogP contribution in [0.1, 0.15) is 42.5 Å². The molecule has 0 radical (unpaired) electrons. The predicted octanol–water partition coefficient (Wildman–Crippen LogP) is 1.69. The van der Waals surface area contributed by atoms with Crippen LogP contribution in [0.15, 0.2) is 23.1 Å². The van der Waals surface area contributed by atoms with Gasteiger partial charge < -0.3 is 15.0 Å². The molecule has 8 heteroatoms. The van der Waals surface area contributed by atoms with Gasteiger partial charge in [0.1, 0.15) is 5.75 Å². The second-order valence-corrected chi connectivity index (χ2v) is 9.18. The Kier molecular flexibility index (Phi) is 6.39. The Morgan fingerprint density at radius 2 is 1.93 bits per heavy atom. The van der Waals surface area contributed by atoms with Crippen molar-refractivity contribution in [3.05, 3.63) is 23.8 Å². The summed E-state index contributed by atoms with van der Waals surface area (Å²) >= 11 is 0. The molecule has 0 aromatic heterocycles. The molecule has 3 rings (SSSR count). The molecule has 2 aliphatic heterocycles. The number of sulfonamides is 1. The summed E-state index contributed by atoms with van der Waals surface area (Å²) in [5.74, 6) is 0.182. The van der Waals surface area contributed by atoms with Crippen molar-refractivity contribution in [2.75, 3.05) is 40.3 Å². The van der Waals surface area contributed by atoms with Crippen LogP contribution < -0.4 is 10.1 Å². The number of carbonyl (C=O) groups is 1. The van der Waals surface area contributed by atoms with E-state index in [-0.39, 0.29) is 16.8 Å². The van der Waals surface area contributed by atoms with Crippen molar-refractivity contribution in [2.24, 2.45) is 0 Å². The zero-order valence-corrected chi connectivity index (χ0v) is 16.9. The van der Waals surface area contributed by atoms with Crippen LogP contribution in [-0.4, -0.2) is 69.9 Å². The van der Waals surface area contributed by atoms with Gasteiger partial charge in [-0.15, -0.1) is 0 Å². The summed E-state index contributed by atoms with van der Waals surface area (Å²) in [5, 5.41) is 3.25. The molecule has 27 heavy (non-hydrogen) atoms. The normalized spacial score (nSPS) is 21.6. The Balaban J connectivity index is 1.91. The summed E-state index contributed by atoms with van der Waals surface area (Å²) in [6.07, 6.45) is 4.74. The second kappa shape index (κ2) is 8.58. The van der Waals surface area contributed by atoms with Crippen LogP contribution in [0.25, 0.3) is 0 Å². The van der Waals surface area contributed by atoms with Gasteiger partial charge in [0.05, 0.1) is 17.6 Å². The quantitative estimate of drug-likeness (QED) is 0.821. The lowest BCUT2D eigenvalue weighted by atomic mass is 10.1. The first-order valence-corrected chi connectivity index (χ1v) is 11.0. The fourth-order valence-corrected chi connectivity index (χ4v) is 5.32. The van der Waals surface area contributed by atoms with Crippen molar-refractivity contribution in [3.8, 4) is 5.75 Å². The van der Waals surface area contributed by atoms with E-state index >= 15 is 0 Å². The van der Waals surface area contributed by atoms with Crippen molar-refractivity contribution >= 4 is 15.9 Å². The largest absolute Gasteiger partial charge is 0.496 e. The molecule has 2 aliphatic rings. The summed E-state index contributed by atoms with van der Waals surface area (Å²) < 4.78 is 33.1. The maximum absolute atomic E-state index is 13.1. The van der Waals surface area contributed by atoms with Crippen LogP contribution in [-0.2, 0) is 10.0 Å². The highest BCUT2D eigenvalue weighted by Gasteiger charge is 2.30. The molecule has 0 spiro atoms. The van der Waals surface area contributed by atoms with Gasteiger partial charge in [-0.3, -0.25) is 4.79 Å². The number of amides is 1. The summed E-state index contributed by atoms with van der Waals surface area (Å²) in [7, 11) is -0.365. The van der Waals surface area contributed by atoms with Gasteiger partial charge in [-0.25, -0.2) is 8.42 Å². The van der Waals surface area contributed by atoms with Crippen LogP contribution in [0.4, 0.5) is 0 Å². The molecule has 1 N–H and O–H groups in total. The van der Waals surface area contributed by atoms with Crippen LogP contribution >= 0.6 is 0 Å². The number of carbonyl (C=O) groups excluding carboxylic acids is 1. The SMILES string of the molecule is COc1ccc(S(=O)(=O)N2CCCCCC2)cc1C(=O)N(C)C1CCNC1. The van der Waals surface area contributed by atoms with Gasteiger partial charge in [-0.1, -0.05) is 12.8 Å². The minimum absolute atomic E-state index is 0.105. The van der Waals surface area contributed by atoms with Gasteiger partial charge in [0.25, 0.3) is 5.91 Å². The fourth-order valence-electron chi connectivity index (χ4n) is 3.77. The first kappa shape index (κ1) is 20.1. The number of rotatable bonds is 5. The molecular weight excluding hydrogens is 366 g/mol. The lowest BCUT2D eigenvalue weighted by molar-refractivity contribution is 0.0740. The smallest absolute Gasteiger partial charge is 0.257 e. The number of methoxy groups -OCH3 is 1. The molecule has 0 saturated carbocycles. The predicted molar refractivity (Wildman–Crippen MR) is 104 cm³/mol. The zero-order chi connectivity index (χ0) is 19.4. The van der Waals surface area contributed by atoms with E-state index in [2.05, 4.69) is 5.32 Å². The average molecular weight is 396 g/mol. The highest BCUT2D eigenvalue weighted by Crippen LogP contribution is 2.27. The molecule has 1 atom stereocenters. The van der Waals surface area contributed by atoms with E-state index in [1.54, 1.807) is 22.3 Å². The lowest BCUT2D eigenvalue weighted by Gasteiger charge is -2.25. The molecule has 1 unspecified atom stereocenters. The van der Waals surface area contributed by atoms with E-state index in [1.807, 2.05) is 0 Å². The monoisotopic (exact) mass is 395 g/mol. The fraction of sp³-hybridized carbons (Fsp3) is 0.632. The number of nitrogens with zero attached hydrogens (tertiary/aromatic N) is 2. The molecule has 1 amide bonds. The molecule has 2 fully saturated rings. The summed E-state index contributed by atoms with van der Waals surface area (Å²) in [6, 6.07) is 4.69. The number of nitrogens with one attached hydrogen (secondary N) is 1. The third kappa shape index (κ3) is 4.28. The molecule has 2 heterocycles. The number of hydrogen-bond donors (Lipinski definition) is 1. The molecule has 0 bridgehead atoms. The molecule has 7 nitrogen and oxygen atoms in total. The standard InChI is InChI=1S/C19H29N3O4S/c1-21(15-9-10-20-14-15)19(23)17-13-16(7-8-18(17)26-2)27(24,25)22-11-5-3-4-6-12-22/h7-8,13,15,20H,3-6,9-12,14H2,1-2H3. The van der Waals surface area contributed by atoms with E-state index < -0.39 is 10.0 Å². The van der Waals surface area contributed by atoms with Crippen molar-refractivity contribution in [1.82, 2.24) is 14.5 Å². The molecule has 150 valence electrons. The molecule has 0 aliphatic carbocycles. The Morgan fingerprint density at radius 1 is 1.22 bits per heavy atom. The second-order valence-electron chi connectivity index (χ2n) is 7.24. The summed E-state index contributed by atoms with van der Waals surface area (Å²) in [6.45, 7) is 2.69. The number of ether oxygens (including phenoxy) is 1. The third-order valence-corrected chi connectivity index (χ3v) is 7.40. The van der Waals surface area contributed by atoms with Crippen molar-refractivity contribution in [1.29, 1.82) is 0 Å². The Hall–Kier alpha value is -1.64. The Morgan fingerprint density at radius 3 is 2.52 bits per heavy atom. The van der Waals surface area contributed by atoms with Gasteiger partial charge in [-0.2, -0.15) is 4.31 Å². The van der Waals surface area contributed by atoms with E-state index in [0.29, 0.717) is 24.4 Å². The van der Waals surface area contributed by atoms with Gasteiger partial charge in [-0.05, 0) is 44.0 Å². The van der Waals surface area contributed by atoms with E-state index in [4.69, 9.17) is 4.74 Å². The molecular formula is C19H29N3O4S. The van der Waals surface area contributed by atoms with E-state index in [9.17, 15) is 13.2 Å². The van der Waals surface area contributed by atoms with Crippen molar-refractivity contribution < 1.29 is 17.9 Å². The van der Waals surface area contributed by atoms with Crippen LogP contribution in [0, 0.1) is 0 Å². The van der Waals surface area contributed by atoms with Crippen molar-refractivity contribution in [3.63, 3.8) is 0 Å². The zero-order valence-electron chi connectivity index (χ0n) is 16.1. The highest BCUT2D eigenvalue weighted by atomic mass is 32.2. The van der Waals surface area contributed by atoms with Gasteiger partial charge in [0.15, 0.2) is 0 Å². The first-order valence-electron chi connectivity index (χ1n) is 9.61. The molecule has 1 aromatic carbocycles. The van der Waals surface area contributed by atoms with E-state index in [1.165, 1.54) is 19.2 Å². The Labute approximate surface area is 161 Å². The maximum Gasteiger partial charge on any atom is 0.257 e. The minimum Gasteiger partial charge on any atom is -0.496 e. The summed E-state index contributed by atoms with van der Waals surface area (Å²) in [5.41, 5.74) is 0.294. The van der Waals surface area contributed by atoms with Gasteiger partial charge in [0.2, 0.25) is 10.0 Å². The number of benzene rings is 1. The van der Waals surface area contributed by atoms with Crippen molar-refractivity contribution in [2.45, 2.75) is 43.0 Å². The first-order chi connectivity index (χ1) is 12.9.